The molecule has 168 valence electrons. The van der Waals surface area contributed by atoms with Crippen LogP contribution in [0.25, 0.3) is 10.2 Å². The Hall–Kier alpha value is -3.74. The number of aromatic nitrogens is 2. The van der Waals surface area contributed by atoms with Crippen molar-refractivity contribution in [3.05, 3.63) is 113 Å². The number of halogens is 1. The summed E-state index contributed by atoms with van der Waals surface area (Å²) in [4.78, 5) is 24.6. The second-order valence-corrected chi connectivity index (χ2v) is 9.09. The predicted octanol–water partition coefficient (Wildman–Crippen LogP) is 7.29. The largest absolute Gasteiger partial charge is 0.457 e. The van der Waals surface area contributed by atoms with E-state index in [9.17, 15) is 4.79 Å². The number of hydrogen-bond acceptors (Lipinski definition) is 5. The molecule has 0 bridgehead atoms. The average molecular weight is 486 g/mol. The van der Waals surface area contributed by atoms with Gasteiger partial charge < -0.3 is 4.74 Å². The molecule has 0 aliphatic heterocycles. The molecule has 2 heterocycles. The van der Waals surface area contributed by atoms with Crippen molar-refractivity contribution in [2.24, 2.45) is 0 Å². The predicted molar refractivity (Wildman–Crippen MR) is 137 cm³/mol. The Labute approximate surface area is 206 Å². The molecule has 0 saturated carbocycles. The van der Waals surface area contributed by atoms with Crippen molar-refractivity contribution in [3.8, 4) is 11.5 Å². The highest BCUT2D eigenvalue weighted by Crippen LogP contribution is 2.35. The summed E-state index contributed by atoms with van der Waals surface area (Å²) in [5.41, 5.74) is 2.96. The number of carbonyl (C=O) groups is 1. The first-order valence-corrected chi connectivity index (χ1v) is 11.9. The summed E-state index contributed by atoms with van der Waals surface area (Å²) in [5.74, 6) is 1.10. The van der Waals surface area contributed by atoms with Gasteiger partial charge in [0.2, 0.25) is 0 Å². The Morgan fingerprint density at radius 2 is 1.76 bits per heavy atom. The van der Waals surface area contributed by atoms with E-state index >= 15 is 0 Å². The summed E-state index contributed by atoms with van der Waals surface area (Å²) in [6.45, 7) is 2.22. The maximum Gasteiger partial charge on any atom is 0.260 e. The third-order valence-electron chi connectivity index (χ3n) is 5.32. The fourth-order valence-corrected chi connectivity index (χ4v) is 4.73. The van der Waals surface area contributed by atoms with Crippen molar-refractivity contribution in [2.75, 3.05) is 4.90 Å². The maximum absolute atomic E-state index is 13.8. The molecular weight excluding hydrogens is 466 g/mol. The van der Waals surface area contributed by atoms with Crippen LogP contribution in [-0.4, -0.2) is 15.9 Å². The van der Waals surface area contributed by atoms with E-state index < -0.39 is 0 Å². The van der Waals surface area contributed by atoms with Crippen LogP contribution in [0.3, 0.4) is 0 Å². The van der Waals surface area contributed by atoms with Crippen molar-refractivity contribution >= 4 is 44.2 Å². The molecule has 0 spiro atoms. The minimum Gasteiger partial charge on any atom is -0.457 e. The third kappa shape index (κ3) is 4.64. The van der Waals surface area contributed by atoms with Gasteiger partial charge in [0.25, 0.3) is 5.91 Å². The van der Waals surface area contributed by atoms with Crippen molar-refractivity contribution in [1.29, 1.82) is 0 Å². The van der Waals surface area contributed by atoms with Gasteiger partial charge in [-0.2, -0.15) is 0 Å². The summed E-state index contributed by atoms with van der Waals surface area (Å²) in [7, 11) is 0. The van der Waals surface area contributed by atoms with Crippen molar-refractivity contribution in [3.63, 3.8) is 0 Å². The van der Waals surface area contributed by atoms with Crippen LogP contribution in [0.2, 0.25) is 5.02 Å². The number of pyridine rings is 1. The van der Waals surface area contributed by atoms with E-state index in [1.807, 2.05) is 79.7 Å². The number of anilines is 1. The van der Waals surface area contributed by atoms with Gasteiger partial charge in [0.15, 0.2) is 5.13 Å². The average Bonchev–Trinajstić information content (AvgIpc) is 3.31. The van der Waals surface area contributed by atoms with Gasteiger partial charge in [-0.05, 0) is 67.1 Å². The van der Waals surface area contributed by atoms with Crippen molar-refractivity contribution in [1.82, 2.24) is 9.97 Å². The molecule has 0 aliphatic carbocycles. The first-order chi connectivity index (χ1) is 16.6. The zero-order valence-corrected chi connectivity index (χ0v) is 19.9. The van der Waals surface area contributed by atoms with E-state index in [4.69, 9.17) is 21.3 Å². The Kier molecular flexibility index (Phi) is 6.25. The summed E-state index contributed by atoms with van der Waals surface area (Å²) in [6.07, 6.45) is 1.72. The molecule has 0 radical (unpaired) electrons. The fraction of sp³-hybridized carbons (Fsp3) is 0.0741. The number of ether oxygens (including phenoxy) is 1. The fourth-order valence-electron chi connectivity index (χ4n) is 3.56. The standard InChI is InChI=1S/C27H20ClN3O2S/c1-18-23(28)13-14-24-25(18)30-27(34-24)31(17-20-9-5-6-15-29-20)26(32)19-8-7-12-22(16-19)33-21-10-3-2-4-11-21/h2-16H,17H2,1H3. The molecule has 0 atom stereocenters. The molecule has 0 aliphatic rings. The molecular formula is C27H20ClN3O2S. The zero-order valence-electron chi connectivity index (χ0n) is 18.3. The number of para-hydroxylation sites is 1. The van der Waals surface area contributed by atoms with Crippen LogP contribution in [0.5, 0.6) is 11.5 Å². The molecule has 34 heavy (non-hydrogen) atoms. The van der Waals surface area contributed by atoms with E-state index in [2.05, 4.69) is 4.98 Å². The van der Waals surface area contributed by atoms with E-state index in [0.29, 0.717) is 27.2 Å². The van der Waals surface area contributed by atoms with Crippen LogP contribution < -0.4 is 9.64 Å². The van der Waals surface area contributed by atoms with Crippen LogP contribution in [-0.2, 0) is 6.54 Å². The lowest BCUT2D eigenvalue weighted by atomic mass is 10.2. The van der Waals surface area contributed by atoms with Gasteiger partial charge in [-0.15, -0.1) is 0 Å². The van der Waals surface area contributed by atoms with Crippen LogP contribution >= 0.6 is 22.9 Å². The quantitative estimate of drug-likeness (QED) is 0.253. The van der Waals surface area contributed by atoms with Gasteiger partial charge in [-0.3, -0.25) is 14.7 Å². The molecule has 5 nitrogen and oxygen atoms in total. The Bertz CT molecular complexity index is 1460. The second-order valence-electron chi connectivity index (χ2n) is 7.67. The minimum absolute atomic E-state index is 0.188. The lowest BCUT2D eigenvalue weighted by molar-refractivity contribution is 0.0984. The van der Waals surface area contributed by atoms with Crippen LogP contribution in [0.1, 0.15) is 21.6 Å². The van der Waals surface area contributed by atoms with Gasteiger partial charge in [0.05, 0.1) is 22.5 Å². The van der Waals surface area contributed by atoms with E-state index in [0.717, 1.165) is 21.5 Å². The molecule has 0 saturated heterocycles. The van der Waals surface area contributed by atoms with Crippen molar-refractivity contribution < 1.29 is 9.53 Å². The molecule has 2 aromatic heterocycles. The number of carbonyl (C=O) groups excluding carboxylic acids is 1. The molecule has 5 rings (SSSR count). The minimum atomic E-state index is -0.188. The van der Waals surface area contributed by atoms with Gasteiger partial charge in [-0.25, -0.2) is 4.98 Å². The first-order valence-electron chi connectivity index (χ1n) is 10.7. The summed E-state index contributed by atoms with van der Waals surface area (Å²) in [5, 5.41) is 1.24. The van der Waals surface area contributed by atoms with Crippen LogP contribution in [0.15, 0.2) is 91.1 Å². The summed E-state index contributed by atoms with van der Waals surface area (Å²) in [6, 6.07) is 26.1. The smallest absolute Gasteiger partial charge is 0.260 e. The highest BCUT2D eigenvalue weighted by molar-refractivity contribution is 7.22. The highest BCUT2D eigenvalue weighted by atomic mass is 35.5. The molecule has 1 amide bonds. The SMILES string of the molecule is Cc1c(Cl)ccc2sc(N(Cc3ccccn3)C(=O)c3cccc(Oc4ccccc4)c3)nc12. The van der Waals surface area contributed by atoms with Gasteiger partial charge >= 0.3 is 0 Å². The summed E-state index contributed by atoms with van der Waals surface area (Å²) >= 11 is 7.76. The Balaban J connectivity index is 1.52. The summed E-state index contributed by atoms with van der Waals surface area (Å²) < 4.78 is 6.91. The molecule has 0 fully saturated rings. The second kappa shape index (κ2) is 9.63. The number of thiazole rings is 1. The third-order valence-corrected chi connectivity index (χ3v) is 6.77. The number of hydrogen-bond donors (Lipinski definition) is 0. The Morgan fingerprint density at radius 1 is 0.971 bits per heavy atom. The Morgan fingerprint density at radius 3 is 2.56 bits per heavy atom. The number of fused-ring (bicyclic) bond motifs is 1. The number of rotatable bonds is 6. The van der Waals surface area contributed by atoms with Crippen LogP contribution in [0, 0.1) is 6.92 Å². The number of nitrogens with zero attached hydrogens (tertiary/aromatic N) is 3. The van der Waals surface area contributed by atoms with E-state index in [-0.39, 0.29) is 12.5 Å². The van der Waals surface area contributed by atoms with Gasteiger partial charge in [-0.1, -0.05) is 53.3 Å². The number of aryl methyl sites for hydroxylation is 1. The number of amides is 1. The van der Waals surface area contributed by atoms with E-state index in [1.54, 1.807) is 23.2 Å². The molecule has 0 unspecified atom stereocenters. The maximum atomic E-state index is 13.8. The zero-order chi connectivity index (χ0) is 23.5. The normalized spacial score (nSPS) is 10.9. The molecule has 0 N–H and O–H groups in total. The first kappa shape index (κ1) is 22.1. The number of benzene rings is 3. The lowest BCUT2D eigenvalue weighted by Crippen LogP contribution is -2.30. The van der Waals surface area contributed by atoms with E-state index in [1.165, 1.54) is 11.3 Å². The molecule has 3 aromatic carbocycles. The molecule has 7 heteroatoms. The van der Waals surface area contributed by atoms with Gasteiger partial charge in [0, 0.05) is 16.8 Å². The topological polar surface area (TPSA) is 55.3 Å². The monoisotopic (exact) mass is 485 g/mol. The molecule has 5 aromatic rings. The van der Waals surface area contributed by atoms with Crippen LogP contribution in [0.4, 0.5) is 5.13 Å². The highest BCUT2D eigenvalue weighted by Gasteiger charge is 2.23. The van der Waals surface area contributed by atoms with Crippen molar-refractivity contribution in [2.45, 2.75) is 13.5 Å². The lowest BCUT2D eigenvalue weighted by Gasteiger charge is -2.20. The van der Waals surface area contributed by atoms with Gasteiger partial charge in [0.1, 0.15) is 11.5 Å².